The van der Waals surface area contributed by atoms with Gasteiger partial charge in [0.25, 0.3) is 0 Å². The molecule has 0 bridgehead atoms. The molecule has 0 aromatic rings. The average molecular weight is 157 g/mol. The largest absolute Gasteiger partial charge is 0.309 e. The Morgan fingerprint density at radius 3 is 1.91 bits per heavy atom. The molecule has 0 fully saturated rings. The molecule has 0 N–H and O–H groups in total. The first-order valence-corrected chi connectivity index (χ1v) is 3.98. The SMILES string of the molecule is CN(C)CC(C=O)C(C)(C)C. The average Bonchev–Trinajstić information content (AvgIpc) is 1.79. The Balaban J connectivity index is 4.07. The van der Waals surface area contributed by atoms with Gasteiger partial charge in [-0.25, -0.2) is 0 Å². The van der Waals surface area contributed by atoms with Gasteiger partial charge in [-0.05, 0) is 19.5 Å². The highest BCUT2D eigenvalue weighted by atomic mass is 16.1. The molecule has 0 aromatic heterocycles. The first kappa shape index (κ1) is 10.6. The molecule has 66 valence electrons. The van der Waals surface area contributed by atoms with Gasteiger partial charge in [-0.3, -0.25) is 0 Å². The molecule has 1 atom stereocenters. The fraction of sp³-hybridized carbons (Fsp3) is 0.889. The van der Waals surface area contributed by atoms with Gasteiger partial charge in [-0.2, -0.15) is 0 Å². The Labute approximate surface area is 69.6 Å². The molecule has 0 rings (SSSR count). The van der Waals surface area contributed by atoms with E-state index < -0.39 is 0 Å². The number of hydrogen-bond acceptors (Lipinski definition) is 2. The van der Waals surface area contributed by atoms with E-state index >= 15 is 0 Å². The predicted octanol–water partition coefficient (Wildman–Crippen LogP) is 1.41. The lowest BCUT2D eigenvalue weighted by Crippen LogP contribution is -2.32. The summed E-state index contributed by atoms with van der Waals surface area (Å²) in [5.74, 6) is 0.137. The maximum atomic E-state index is 10.7. The first-order valence-electron chi connectivity index (χ1n) is 3.98. The van der Waals surface area contributed by atoms with Crippen molar-refractivity contribution in [1.29, 1.82) is 0 Å². The van der Waals surface area contributed by atoms with Crippen molar-refractivity contribution in [3.63, 3.8) is 0 Å². The number of carbonyl (C=O) groups is 1. The molecule has 0 amide bonds. The van der Waals surface area contributed by atoms with E-state index in [4.69, 9.17) is 0 Å². The fourth-order valence-corrected chi connectivity index (χ4v) is 0.914. The Morgan fingerprint density at radius 1 is 1.36 bits per heavy atom. The second kappa shape index (κ2) is 3.86. The molecule has 0 aliphatic carbocycles. The van der Waals surface area contributed by atoms with Crippen molar-refractivity contribution in [2.45, 2.75) is 20.8 Å². The molecular weight excluding hydrogens is 138 g/mol. The number of carbonyl (C=O) groups excluding carboxylic acids is 1. The van der Waals surface area contributed by atoms with Crippen LogP contribution in [-0.4, -0.2) is 31.8 Å². The van der Waals surface area contributed by atoms with Gasteiger partial charge in [0.05, 0.1) is 0 Å². The molecule has 11 heavy (non-hydrogen) atoms. The van der Waals surface area contributed by atoms with Gasteiger partial charge < -0.3 is 9.69 Å². The van der Waals surface area contributed by atoms with Crippen LogP contribution in [0.1, 0.15) is 20.8 Å². The van der Waals surface area contributed by atoms with E-state index in [1.54, 1.807) is 0 Å². The summed E-state index contributed by atoms with van der Waals surface area (Å²) < 4.78 is 0. The van der Waals surface area contributed by atoms with E-state index in [1.165, 1.54) is 0 Å². The molecule has 2 nitrogen and oxygen atoms in total. The van der Waals surface area contributed by atoms with Gasteiger partial charge in [0.1, 0.15) is 6.29 Å². The summed E-state index contributed by atoms with van der Waals surface area (Å²) in [5, 5.41) is 0. The van der Waals surface area contributed by atoms with Gasteiger partial charge in [0.2, 0.25) is 0 Å². The molecule has 2 heteroatoms. The van der Waals surface area contributed by atoms with Crippen LogP contribution in [0.2, 0.25) is 0 Å². The lowest BCUT2D eigenvalue weighted by atomic mass is 9.81. The highest BCUT2D eigenvalue weighted by Gasteiger charge is 2.24. The number of hydrogen-bond donors (Lipinski definition) is 0. The zero-order valence-electron chi connectivity index (χ0n) is 8.22. The van der Waals surface area contributed by atoms with Crippen molar-refractivity contribution < 1.29 is 4.79 Å². The van der Waals surface area contributed by atoms with Crippen molar-refractivity contribution >= 4 is 6.29 Å². The van der Waals surface area contributed by atoms with Crippen LogP contribution in [0, 0.1) is 11.3 Å². The number of rotatable bonds is 3. The van der Waals surface area contributed by atoms with Crippen LogP contribution in [-0.2, 0) is 4.79 Å². The van der Waals surface area contributed by atoms with Gasteiger partial charge in [0.15, 0.2) is 0 Å². The second-order valence-corrected chi connectivity index (χ2v) is 4.37. The summed E-state index contributed by atoms with van der Waals surface area (Å²) in [4.78, 5) is 12.7. The first-order chi connectivity index (χ1) is 4.88. The molecule has 0 aromatic carbocycles. The molecule has 0 aliphatic heterocycles. The Bertz CT molecular complexity index is 124. The molecule has 0 saturated carbocycles. The smallest absolute Gasteiger partial charge is 0.124 e. The van der Waals surface area contributed by atoms with Crippen molar-refractivity contribution in [1.82, 2.24) is 4.90 Å². The minimum Gasteiger partial charge on any atom is -0.309 e. The zero-order chi connectivity index (χ0) is 9.07. The van der Waals surface area contributed by atoms with Gasteiger partial charge in [-0.1, -0.05) is 20.8 Å². The molecule has 1 unspecified atom stereocenters. The summed E-state index contributed by atoms with van der Waals surface area (Å²) in [6.07, 6.45) is 1.06. The summed E-state index contributed by atoms with van der Waals surface area (Å²) in [7, 11) is 3.98. The summed E-state index contributed by atoms with van der Waals surface area (Å²) in [6.45, 7) is 7.12. The minimum atomic E-state index is 0.0893. The quantitative estimate of drug-likeness (QED) is 0.577. The van der Waals surface area contributed by atoms with Crippen LogP contribution < -0.4 is 0 Å². The Kier molecular flexibility index (Phi) is 3.73. The molecular formula is C9H19NO. The molecule has 0 aliphatic rings. The predicted molar refractivity (Wildman–Crippen MR) is 47.6 cm³/mol. The van der Waals surface area contributed by atoms with Crippen molar-refractivity contribution in [2.24, 2.45) is 11.3 Å². The standard InChI is InChI=1S/C9H19NO/c1-9(2,3)8(7-11)6-10(4)5/h7-8H,6H2,1-5H3. The van der Waals surface area contributed by atoms with Crippen LogP contribution >= 0.6 is 0 Å². The normalized spacial score (nSPS) is 15.1. The lowest BCUT2D eigenvalue weighted by Gasteiger charge is -2.28. The van der Waals surface area contributed by atoms with E-state index in [2.05, 4.69) is 20.8 Å². The monoisotopic (exact) mass is 157 g/mol. The lowest BCUT2D eigenvalue weighted by molar-refractivity contribution is -0.114. The van der Waals surface area contributed by atoms with Crippen LogP contribution in [0.15, 0.2) is 0 Å². The number of aldehydes is 1. The van der Waals surface area contributed by atoms with Gasteiger partial charge in [0, 0.05) is 12.5 Å². The zero-order valence-corrected chi connectivity index (χ0v) is 8.22. The molecule has 0 radical (unpaired) electrons. The van der Waals surface area contributed by atoms with Crippen molar-refractivity contribution in [3.05, 3.63) is 0 Å². The van der Waals surface area contributed by atoms with Gasteiger partial charge in [-0.15, -0.1) is 0 Å². The Hall–Kier alpha value is -0.370. The van der Waals surface area contributed by atoms with Crippen molar-refractivity contribution in [2.75, 3.05) is 20.6 Å². The van der Waals surface area contributed by atoms with E-state index in [0.717, 1.165) is 12.8 Å². The summed E-state index contributed by atoms with van der Waals surface area (Å²) in [6, 6.07) is 0. The van der Waals surface area contributed by atoms with E-state index in [1.807, 2.05) is 19.0 Å². The minimum absolute atomic E-state index is 0.0893. The third-order valence-electron chi connectivity index (χ3n) is 1.84. The van der Waals surface area contributed by atoms with Crippen LogP contribution in [0.3, 0.4) is 0 Å². The fourth-order valence-electron chi connectivity index (χ4n) is 0.914. The maximum absolute atomic E-state index is 10.7. The van der Waals surface area contributed by atoms with E-state index in [0.29, 0.717) is 0 Å². The maximum Gasteiger partial charge on any atom is 0.124 e. The third kappa shape index (κ3) is 4.14. The van der Waals surface area contributed by atoms with Crippen LogP contribution in [0.5, 0.6) is 0 Å². The summed E-state index contributed by atoms with van der Waals surface area (Å²) >= 11 is 0. The van der Waals surface area contributed by atoms with E-state index in [-0.39, 0.29) is 11.3 Å². The summed E-state index contributed by atoms with van der Waals surface area (Å²) in [5.41, 5.74) is 0.0893. The Morgan fingerprint density at radius 2 is 1.82 bits per heavy atom. The van der Waals surface area contributed by atoms with E-state index in [9.17, 15) is 4.79 Å². The topological polar surface area (TPSA) is 20.3 Å². The van der Waals surface area contributed by atoms with Crippen LogP contribution in [0.25, 0.3) is 0 Å². The second-order valence-electron chi connectivity index (χ2n) is 4.37. The highest BCUT2D eigenvalue weighted by Crippen LogP contribution is 2.24. The number of nitrogens with zero attached hydrogens (tertiary/aromatic N) is 1. The molecule has 0 heterocycles. The van der Waals surface area contributed by atoms with Crippen molar-refractivity contribution in [3.8, 4) is 0 Å². The van der Waals surface area contributed by atoms with Crippen LogP contribution in [0.4, 0.5) is 0 Å². The van der Waals surface area contributed by atoms with Gasteiger partial charge >= 0.3 is 0 Å². The third-order valence-corrected chi connectivity index (χ3v) is 1.84. The highest BCUT2D eigenvalue weighted by molar-refractivity contribution is 5.55. The molecule has 0 saturated heterocycles. The molecule has 0 spiro atoms.